The summed E-state index contributed by atoms with van der Waals surface area (Å²) in [5, 5.41) is 16.1. The Labute approximate surface area is 357 Å². The highest BCUT2D eigenvalue weighted by molar-refractivity contribution is 6.46. The molecule has 11 aromatic carbocycles. The maximum atomic E-state index is 2.71. The van der Waals surface area contributed by atoms with E-state index in [-0.39, 0.29) is 16.4 Å². The van der Waals surface area contributed by atoms with Crippen molar-refractivity contribution in [2.24, 2.45) is 5.41 Å². The third-order valence-electron chi connectivity index (χ3n) is 16.1. The van der Waals surface area contributed by atoms with Crippen molar-refractivity contribution in [1.29, 1.82) is 0 Å². The van der Waals surface area contributed by atoms with Gasteiger partial charge in [0, 0.05) is 16.8 Å². The van der Waals surface area contributed by atoms with Crippen molar-refractivity contribution in [3.05, 3.63) is 181 Å². The zero-order valence-electron chi connectivity index (χ0n) is 35.3. The SMILES string of the molecule is CC1(C)CCCC2(C)c3cc(-c4ccc5c6c(-c7ccccc7)c7c8cccc9cccc(c7c(-c7ccccc7)c6c6cccc4c65)c98)ccc3N(c3ccccc3)C12C. The van der Waals surface area contributed by atoms with E-state index >= 15 is 0 Å². The fraction of sp³-hybridized carbons (Fsp3) is 0.167. The molecule has 2 atom stereocenters. The van der Waals surface area contributed by atoms with Crippen LogP contribution in [0.4, 0.5) is 11.4 Å². The van der Waals surface area contributed by atoms with Crippen molar-refractivity contribution >= 4 is 76.0 Å². The standard InChI is InChI=1S/C60H47N/c1-58(2)34-17-35-59(3)48-36-40(30-33-49(48)61(60(58,59)4)41-24-12-7-13-25-41)42-31-32-47-53-43(42)26-16-29-46(53)56-51(38-18-8-5-9-19-38)54-44-27-14-22-37-23-15-28-45(50(37)44)55(54)52(57(47)56)39-20-10-6-11-21-39/h5-16,18-33,36H,17,34-35H2,1-4H3. The van der Waals surface area contributed by atoms with Gasteiger partial charge < -0.3 is 4.90 Å². The van der Waals surface area contributed by atoms with E-state index in [9.17, 15) is 0 Å². The first-order valence-electron chi connectivity index (χ1n) is 22.2. The lowest BCUT2D eigenvalue weighted by Gasteiger charge is -2.59. The van der Waals surface area contributed by atoms with Crippen LogP contribution in [-0.2, 0) is 5.41 Å². The molecule has 0 radical (unpaired) electrons. The Hall–Kier alpha value is -6.70. The molecule has 1 nitrogen and oxygen atoms in total. The summed E-state index contributed by atoms with van der Waals surface area (Å²) in [6, 6.07) is 66.7. The third-order valence-corrected chi connectivity index (χ3v) is 16.1. The summed E-state index contributed by atoms with van der Waals surface area (Å²) in [6.07, 6.45) is 3.64. The van der Waals surface area contributed by atoms with Gasteiger partial charge in [-0.3, -0.25) is 0 Å². The molecule has 1 saturated carbocycles. The van der Waals surface area contributed by atoms with E-state index in [1.807, 2.05) is 0 Å². The Morgan fingerprint density at radius 1 is 0.410 bits per heavy atom. The number of hydrogen-bond acceptors (Lipinski definition) is 1. The molecule has 2 aliphatic rings. The van der Waals surface area contributed by atoms with Gasteiger partial charge in [-0.2, -0.15) is 0 Å². The molecule has 0 spiro atoms. The second-order valence-electron chi connectivity index (χ2n) is 19.1. The Morgan fingerprint density at radius 3 is 1.54 bits per heavy atom. The number of benzene rings is 9. The van der Waals surface area contributed by atoms with Crippen LogP contribution in [0.25, 0.3) is 98.0 Å². The van der Waals surface area contributed by atoms with Crippen LogP contribution >= 0.6 is 0 Å². The van der Waals surface area contributed by atoms with E-state index in [1.54, 1.807) is 0 Å². The monoisotopic (exact) mass is 781 g/mol. The summed E-state index contributed by atoms with van der Waals surface area (Å²) in [6.45, 7) is 10.1. The van der Waals surface area contributed by atoms with Gasteiger partial charge in [0.15, 0.2) is 0 Å². The van der Waals surface area contributed by atoms with Gasteiger partial charge in [-0.25, -0.2) is 0 Å². The van der Waals surface area contributed by atoms with E-state index in [1.165, 1.54) is 134 Å². The zero-order valence-corrected chi connectivity index (χ0v) is 35.3. The summed E-state index contributed by atoms with van der Waals surface area (Å²) in [4.78, 5) is 2.71. The van der Waals surface area contributed by atoms with Gasteiger partial charge in [0.2, 0.25) is 0 Å². The minimum atomic E-state index is -0.0881. The molecule has 1 aliphatic heterocycles. The van der Waals surface area contributed by atoms with Crippen LogP contribution in [0.5, 0.6) is 0 Å². The molecule has 292 valence electrons. The Kier molecular flexibility index (Phi) is 7.02. The van der Waals surface area contributed by atoms with Gasteiger partial charge in [-0.1, -0.05) is 179 Å². The summed E-state index contributed by atoms with van der Waals surface area (Å²) >= 11 is 0. The van der Waals surface area contributed by atoms with Crippen molar-refractivity contribution in [2.45, 2.75) is 57.9 Å². The lowest BCUT2D eigenvalue weighted by Crippen LogP contribution is -2.64. The Bertz CT molecular complexity index is 3420. The molecule has 1 fully saturated rings. The smallest absolute Gasteiger partial charge is 0.0568 e. The predicted molar refractivity (Wildman–Crippen MR) is 262 cm³/mol. The largest absolute Gasteiger partial charge is 0.334 e. The fourth-order valence-electron chi connectivity index (χ4n) is 13.1. The van der Waals surface area contributed by atoms with Gasteiger partial charge in [0.05, 0.1) is 5.54 Å². The predicted octanol–water partition coefficient (Wildman–Crippen LogP) is 16.9. The summed E-state index contributed by atoms with van der Waals surface area (Å²) < 4.78 is 0. The van der Waals surface area contributed by atoms with E-state index < -0.39 is 0 Å². The minimum Gasteiger partial charge on any atom is -0.334 e. The molecule has 11 aromatic rings. The highest BCUT2D eigenvalue weighted by Gasteiger charge is 2.64. The van der Waals surface area contributed by atoms with Gasteiger partial charge in [-0.05, 0) is 153 Å². The fourth-order valence-corrected chi connectivity index (χ4v) is 13.1. The normalized spacial score (nSPS) is 19.8. The maximum absolute atomic E-state index is 2.71. The molecule has 0 aromatic heterocycles. The van der Waals surface area contributed by atoms with Crippen LogP contribution in [-0.4, -0.2) is 5.54 Å². The third kappa shape index (κ3) is 4.36. The molecule has 13 rings (SSSR count). The maximum Gasteiger partial charge on any atom is 0.0568 e. The van der Waals surface area contributed by atoms with Crippen molar-refractivity contribution in [3.8, 4) is 33.4 Å². The number of fused-ring (bicyclic) bond motifs is 9. The number of nitrogens with zero attached hydrogens (tertiary/aromatic N) is 1. The molecule has 0 N–H and O–H groups in total. The molecule has 0 amide bonds. The number of anilines is 2. The Morgan fingerprint density at radius 2 is 0.934 bits per heavy atom. The lowest BCUT2D eigenvalue weighted by molar-refractivity contribution is 0.0484. The Balaban J connectivity index is 1.15. The molecule has 61 heavy (non-hydrogen) atoms. The number of para-hydroxylation sites is 1. The molecule has 1 aliphatic carbocycles. The summed E-state index contributed by atoms with van der Waals surface area (Å²) in [5.41, 5.74) is 11.9. The second kappa shape index (κ2) is 12.2. The average Bonchev–Trinajstić information content (AvgIpc) is 3.88. The first kappa shape index (κ1) is 35.1. The molecular weight excluding hydrogens is 735 g/mol. The highest BCUT2D eigenvalue weighted by Crippen LogP contribution is 2.67. The summed E-state index contributed by atoms with van der Waals surface area (Å²) in [7, 11) is 0. The molecule has 0 saturated heterocycles. The minimum absolute atomic E-state index is 0.0179. The molecule has 1 heterocycles. The van der Waals surface area contributed by atoms with E-state index in [2.05, 4.69) is 209 Å². The van der Waals surface area contributed by atoms with Crippen LogP contribution in [0.15, 0.2) is 176 Å². The highest BCUT2D eigenvalue weighted by atomic mass is 15.3. The van der Waals surface area contributed by atoms with Crippen LogP contribution in [0.1, 0.15) is 52.5 Å². The quantitative estimate of drug-likeness (QED) is 0.172. The van der Waals surface area contributed by atoms with Crippen molar-refractivity contribution in [3.63, 3.8) is 0 Å². The zero-order chi connectivity index (χ0) is 40.8. The van der Waals surface area contributed by atoms with Crippen LogP contribution in [0.2, 0.25) is 0 Å². The van der Waals surface area contributed by atoms with Gasteiger partial charge in [0.25, 0.3) is 0 Å². The van der Waals surface area contributed by atoms with Gasteiger partial charge in [-0.15, -0.1) is 0 Å². The topological polar surface area (TPSA) is 3.24 Å². The van der Waals surface area contributed by atoms with Crippen molar-refractivity contribution < 1.29 is 0 Å². The molecule has 2 unspecified atom stereocenters. The number of hydrogen-bond donors (Lipinski definition) is 0. The molecule has 0 bridgehead atoms. The second-order valence-corrected chi connectivity index (χ2v) is 19.1. The van der Waals surface area contributed by atoms with Gasteiger partial charge >= 0.3 is 0 Å². The van der Waals surface area contributed by atoms with Crippen LogP contribution < -0.4 is 4.90 Å². The van der Waals surface area contributed by atoms with Crippen LogP contribution in [0, 0.1) is 5.41 Å². The molecule has 1 heteroatoms. The van der Waals surface area contributed by atoms with E-state index in [0.717, 1.165) is 0 Å². The van der Waals surface area contributed by atoms with Crippen molar-refractivity contribution in [1.82, 2.24) is 0 Å². The van der Waals surface area contributed by atoms with E-state index in [0.29, 0.717) is 0 Å². The first-order chi connectivity index (χ1) is 29.8. The first-order valence-corrected chi connectivity index (χ1v) is 22.2. The lowest BCUT2D eigenvalue weighted by atomic mass is 9.51. The average molecular weight is 782 g/mol. The van der Waals surface area contributed by atoms with Crippen molar-refractivity contribution in [2.75, 3.05) is 4.90 Å². The van der Waals surface area contributed by atoms with Crippen LogP contribution in [0.3, 0.4) is 0 Å². The summed E-state index contributed by atoms with van der Waals surface area (Å²) in [5.74, 6) is 0. The van der Waals surface area contributed by atoms with Gasteiger partial charge in [0.1, 0.15) is 0 Å². The molecular formula is C60H47N. The number of rotatable bonds is 4. The van der Waals surface area contributed by atoms with E-state index in [4.69, 9.17) is 0 Å².